The lowest BCUT2D eigenvalue weighted by atomic mass is 9.66. The third-order valence-corrected chi connectivity index (χ3v) is 19.1. The van der Waals surface area contributed by atoms with Gasteiger partial charge in [0.05, 0.1) is 16.8 Å². The van der Waals surface area contributed by atoms with Crippen molar-refractivity contribution in [3.63, 3.8) is 0 Å². The van der Waals surface area contributed by atoms with Gasteiger partial charge in [-0.15, -0.1) is 0 Å². The maximum atomic E-state index is 16.4. The molecule has 0 saturated carbocycles. The number of pyridine rings is 1. The Kier molecular flexibility index (Phi) is 13.8. The molecule has 9 aromatic carbocycles. The zero-order chi connectivity index (χ0) is 55.2. The quantitative estimate of drug-likeness (QED) is 0.0818. The highest BCUT2D eigenvalue weighted by Crippen LogP contribution is 2.62. The molecule has 2 atom stereocenters. The lowest BCUT2D eigenvalue weighted by Gasteiger charge is -2.35. The number of fused-ring (bicyclic) bond motifs is 13. The smallest absolute Gasteiger partial charge is 0.131 e. The first-order valence-corrected chi connectivity index (χ1v) is 30.7. The summed E-state index contributed by atoms with van der Waals surface area (Å²) in [6, 6.07) is 73.9. The SMILES string of the molecule is CCCCCCCCC1(CCCCCCCC)c2ccccc2-c2cc3c(cc21)-c1ccccc1C3(c1ccc(-c2ccc3c(c2)-c2ccccc2C2NC=CN32)cc1)c1ccc(-c2cc(-c3nccc4ccccc34)ccc2F)cc1. The third kappa shape index (κ3) is 8.63. The van der Waals surface area contributed by atoms with Crippen LogP contribution in [0.4, 0.5) is 10.1 Å². The van der Waals surface area contributed by atoms with Crippen LogP contribution in [0.25, 0.3) is 77.7 Å². The van der Waals surface area contributed by atoms with Crippen LogP contribution in [-0.4, -0.2) is 4.98 Å². The van der Waals surface area contributed by atoms with Crippen LogP contribution in [-0.2, 0) is 10.8 Å². The molecule has 0 amide bonds. The van der Waals surface area contributed by atoms with Crippen molar-refractivity contribution in [2.45, 2.75) is 121 Å². The van der Waals surface area contributed by atoms with E-state index < -0.39 is 5.41 Å². The summed E-state index contributed by atoms with van der Waals surface area (Å²) in [5.41, 5.74) is 23.1. The number of halogens is 1. The van der Waals surface area contributed by atoms with Crippen LogP contribution in [0.15, 0.2) is 219 Å². The fraction of sp³-hybridized carbons (Fsp3) is 0.244. The Morgan fingerprint density at radius 3 is 1.77 bits per heavy atom. The maximum absolute atomic E-state index is 16.4. The van der Waals surface area contributed by atoms with Gasteiger partial charge in [-0.1, -0.05) is 243 Å². The number of rotatable bonds is 19. The van der Waals surface area contributed by atoms with E-state index in [1.165, 1.54) is 173 Å². The second kappa shape index (κ2) is 21.9. The highest BCUT2D eigenvalue weighted by molar-refractivity contribution is 5.96. The van der Waals surface area contributed by atoms with Gasteiger partial charge >= 0.3 is 0 Å². The fourth-order valence-electron chi connectivity index (χ4n) is 15.1. The summed E-state index contributed by atoms with van der Waals surface area (Å²) in [6.07, 6.45) is 23.9. The van der Waals surface area contributed by atoms with Gasteiger partial charge in [0.15, 0.2) is 0 Å². The average molecular weight is 1070 g/mol. The van der Waals surface area contributed by atoms with Crippen LogP contribution in [0.2, 0.25) is 0 Å². The van der Waals surface area contributed by atoms with Crippen LogP contribution in [0.5, 0.6) is 0 Å². The Labute approximate surface area is 484 Å². The molecule has 14 rings (SSSR count). The first kappa shape index (κ1) is 51.8. The summed E-state index contributed by atoms with van der Waals surface area (Å²) in [5.74, 6) is -0.253. The van der Waals surface area contributed by atoms with Crippen molar-refractivity contribution < 1.29 is 4.39 Å². The summed E-state index contributed by atoms with van der Waals surface area (Å²) >= 11 is 0. The second-order valence-corrected chi connectivity index (χ2v) is 23.7. The summed E-state index contributed by atoms with van der Waals surface area (Å²) in [5, 5.41) is 5.73. The van der Waals surface area contributed by atoms with Crippen molar-refractivity contribution in [3.8, 4) is 66.9 Å². The molecule has 3 heterocycles. The molecule has 1 aromatic heterocycles. The molecule has 0 bridgehead atoms. The molecular formula is C78H72FN3. The Hall–Kier alpha value is -8.34. The maximum Gasteiger partial charge on any atom is 0.131 e. The standard InChI is InChI=1S/C78H72FN3/c1-3-5-7-9-11-21-44-77(45-22-12-10-8-6-4-2)69-29-19-17-26-62(69)66-52-72-67(51-71(66)77)63-27-18-20-30-70(63)78(72,59-39-33-55(34-40-59)65-50-57(35-41-73(65)79)75-60-24-14-13-23-54(60)43-46-80-75)58-37-31-53(32-38-58)56-36-42-74-68(49-56)61-25-15-16-28-64(61)76-81-47-48-82(74)76/h13-20,23-43,46-52,76,81H,3-12,21-22,44-45H2,1-2H3. The third-order valence-electron chi connectivity index (χ3n) is 19.1. The molecule has 4 heteroatoms. The molecule has 3 nitrogen and oxygen atoms in total. The molecule has 0 fully saturated rings. The van der Waals surface area contributed by atoms with E-state index in [1.54, 1.807) is 6.07 Å². The molecule has 82 heavy (non-hydrogen) atoms. The molecule has 2 aliphatic carbocycles. The average Bonchev–Trinajstić information content (AvgIpc) is 1.87. The summed E-state index contributed by atoms with van der Waals surface area (Å²) in [7, 11) is 0. The van der Waals surface area contributed by atoms with E-state index in [4.69, 9.17) is 4.98 Å². The van der Waals surface area contributed by atoms with Gasteiger partial charge in [0.25, 0.3) is 0 Å². The lowest BCUT2D eigenvalue weighted by molar-refractivity contribution is 0.398. The van der Waals surface area contributed by atoms with Crippen LogP contribution in [0.3, 0.4) is 0 Å². The molecule has 0 radical (unpaired) electrons. The van der Waals surface area contributed by atoms with Gasteiger partial charge in [0, 0.05) is 51.7 Å². The largest absolute Gasteiger partial charge is 0.366 e. The number of aromatic nitrogens is 1. The first-order chi connectivity index (χ1) is 40.5. The number of benzene rings is 9. The topological polar surface area (TPSA) is 28.2 Å². The molecule has 1 N–H and O–H groups in total. The predicted molar refractivity (Wildman–Crippen MR) is 340 cm³/mol. The fourth-order valence-corrected chi connectivity index (χ4v) is 15.1. The first-order valence-electron chi connectivity index (χ1n) is 30.7. The van der Waals surface area contributed by atoms with Gasteiger partial charge in [-0.05, 0) is 145 Å². The Morgan fingerprint density at radius 2 is 1.02 bits per heavy atom. The van der Waals surface area contributed by atoms with Gasteiger partial charge in [0.1, 0.15) is 12.0 Å². The van der Waals surface area contributed by atoms with Crippen molar-refractivity contribution in [1.29, 1.82) is 0 Å². The van der Waals surface area contributed by atoms with Crippen molar-refractivity contribution in [2.24, 2.45) is 0 Å². The van der Waals surface area contributed by atoms with Crippen molar-refractivity contribution in [1.82, 2.24) is 10.3 Å². The van der Waals surface area contributed by atoms with Gasteiger partial charge in [-0.25, -0.2) is 4.39 Å². The van der Waals surface area contributed by atoms with Gasteiger partial charge in [-0.2, -0.15) is 0 Å². The summed E-state index contributed by atoms with van der Waals surface area (Å²) in [4.78, 5) is 7.18. The molecule has 0 spiro atoms. The van der Waals surface area contributed by atoms with Crippen LogP contribution in [0, 0.1) is 5.82 Å². The Bertz CT molecular complexity index is 4020. The summed E-state index contributed by atoms with van der Waals surface area (Å²) < 4.78 is 16.4. The normalized spacial score (nSPS) is 16.5. The van der Waals surface area contributed by atoms with E-state index in [-0.39, 0.29) is 17.4 Å². The number of hydrogen-bond donors (Lipinski definition) is 1. The minimum absolute atomic E-state index is 0.0575. The lowest BCUT2D eigenvalue weighted by Crippen LogP contribution is -2.30. The van der Waals surface area contributed by atoms with Crippen molar-refractivity contribution >= 4 is 16.5 Å². The predicted octanol–water partition coefficient (Wildman–Crippen LogP) is 21.1. The van der Waals surface area contributed by atoms with Gasteiger partial charge in [-0.3, -0.25) is 4.98 Å². The van der Waals surface area contributed by atoms with Gasteiger partial charge < -0.3 is 10.2 Å². The van der Waals surface area contributed by atoms with E-state index in [2.05, 4.69) is 200 Å². The molecule has 0 saturated heterocycles. The summed E-state index contributed by atoms with van der Waals surface area (Å²) in [6.45, 7) is 4.63. The number of nitrogens with one attached hydrogen (secondary N) is 1. The van der Waals surface area contributed by atoms with E-state index in [0.717, 1.165) is 33.2 Å². The number of anilines is 1. The number of unbranched alkanes of at least 4 members (excludes halogenated alkanes) is 10. The van der Waals surface area contributed by atoms with Crippen LogP contribution in [0.1, 0.15) is 149 Å². The Morgan fingerprint density at radius 1 is 0.451 bits per heavy atom. The van der Waals surface area contributed by atoms with Gasteiger partial charge in [0.2, 0.25) is 0 Å². The Balaban J connectivity index is 0.927. The molecule has 4 aliphatic rings. The molecule has 406 valence electrons. The van der Waals surface area contributed by atoms with Crippen LogP contribution < -0.4 is 10.2 Å². The minimum atomic E-state index is -0.692. The molecule has 2 unspecified atom stereocenters. The zero-order valence-corrected chi connectivity index (χ0v) is 47.5. The van der Waals surface area contributed by atoms with Crippen molar-refractivity contribution in [2.75, 3.05) is 4.90 Å². The minimum Gasteiger partial charge on any atom is -0.366 e. The van der Waals surface area contributed by atoms with E-state index >= 15 is 4.39 Å². The van der Waals surface area contributed by atoms with E-state index in [0.29, 0.717) is 5.56 Å². The van der Waals surface area contributed by atoms with Crippen LogP contribution >= 0.6 is 0 Å². The highest BCUT2D eigenvalue weighted by Gasteiger charge is 2.50. The molecule has 2 aliphatic heterocycles. The monoisotopic (exact) mass is 1070 g/mol. The second-order valence-electron chi connectivity index (χ2n) is 23.7. The molecule has 10 aromatic rings. The highest BCUT2D eigenvalue weighted by atomic mass is 19.1. The number of hydrogen-bond acceptors (Lipinski definition) is 3. The zero-order valence-electron chi connectivity index (χ0n) is 47.5. The van der Waals surface area contributed by atoms with Crippen molar-refractivity contribution in [3.05, 3.63) is 264 Å². The van der Waals surface area contributed by atoms with E-state index in [1.807, 2.05) is 36.5 Å². The number of nitrogens with zero attached hydrogens (tertiary/aromatic N) is 2. The molecular weight excluding hydrogens is 998 g/mol. The van der Waals surface area contributed by atoms with E-state index in [9.17, 15) is 0 Å².